The smallest absolute Gasteiger partial charge is 0.403 e. The fraction of sp³-hybridized carbons (Fsp3) is 0.417. The molecule has 106 valence electrons. The summed E-state index contributed by atoms with van der Waals surface area (Å²) in [6.07, 6.45) is -4.80. The highest BCUT2D eigenvalue weighted by Crippen LogP contribution is 2.26. The van der Waals surface area contributed by atoms with E-state index < -0.39 is 36.5 Å². The molecule has 7 heteroatoms. The van der Waals surface area contributed by atoms with Gasteiger partial charge in [0.25, 0.3) is 0 Å². The van der Waals surface area contributed by atoms with Crippen molar-refractivity contribution in [1.82, 2.24) is 5.32 Å². The number of carboxylic acid groups (broad SMARTS) is 1. The lowest BCUT2D eigenvalue weighted by Crippen LogP contribution is -2.39. The van der Waals surface area contributed by atoms with Gasteiger partial charge >= 0.3 is 12.1 Å². The van der Waals surface area contributed by atoms with Crippen molar-refractivity contribution in [2.24, 2.45) is 5.92 Å². The molecule has 1 unspecified atom stereocenters. The van der Waals surface area contributed by atoms with Gasteiger partial charge in [0.1, 0.15) is 5.82 Å². The van der Waals surface area contributed by atoms with Gasteiger partial charge in [-0.1, -0.05) is 12.1 Å². The first-order chi connectivity index (χ1) is 8.71. The fourth-order valence-corrected chi connectivity index (χ4v) is 1.51. The minimum atomic E-state index is -4.80. The maximum atomic E-state index is 12.7. The third-order valence-corrected chi connectivity index (χ3v) is 2.69. The van der Waals surface area contributed by atoms with E-state index in [0.717, 1.165) is 0 Å². The van der Waals surface area contributed by atoms with Gasteiger partial charge in [-0.3, -0.25) is 4.79 Å². The van der Waals surface area contributed by atoms with Crippen LogP contribution < -0.4 is 5.32 Å². The Labute approximate surface area is 107 Å². The minimum Gasteiger partial charge on any atom is -0.481 e. The molecule has 19 heavy (non-hydrogen) atoms. The number of hydrogen-bond donors (Lipinski definition) is 2. The summed E-state index contributed by atoms with van der Waals surface area (Å²) in [5, 5.41) is 11.0. The van der Waals surface area contributed by atoms with Gasteiger partial charge in [-0.05, 0) is 24.6 Å². The van der Waals surface area contributed by atoms with Crippen molar-refractivity contribution in [1.29, 1.82) is 0 Å². The Hall–Kier alpha value is -1.63. The molecule has 2 atom stereocenters. The summed E-state index contributed by atoms with van der Waals surface area (Å²) in [6, 6.07) is 4.72. The molecule has 0 aromatic heterocycles. The van der Waals surface area contributed by atoms with E-state index in [4.69, 9.17) is 5.11 Å². The van der Waals surface area contributed by atoms with Gasteiger partial charge in [-0.15, -0.1) is 0 Å². The second-order valence-corrected chi connectivity index (χ2v) is 4.11. The molecule has 0 aliphatic heterocycles. The molecule has 1 aromatic carbocycles. The topological polar surface area (TPSA) is 49.3 Å². The molecule has 0 heterocycles. The number of halogens is 4. The van der Waals surface area contributed by atoms with E-state index in [0.29, 0.717) is 5.56 Å². The second kappa shape index (κ2) is 6.01. The van der Waals surface area contributed by atoms with Crippen LogP contribution in [-0.4, -0.2) is 23.8 Å². The van der Waals surface area contributed by atoms with Crippen molar-refractivity contribution in [3.05, 3.63) is 35.6 Å². The van der Waals surface area contributed by atoms with Gasteiger partial charge < -0.3 is 10.4 Å². The van der Waals surface area contributed by atoms with Crippen LogP contribution in [0.25, 0.3) is 0 Å². The monoisotopic (exact) mass is 279 g/mol. The van der Waals surface area contributed by atoms with Crippen LogP contribution in [0.2, 0.25) is 0 Å². The van der Waals surface area contributed by atoms with E-state index in [1.807, 2.05) is 0 Å². The van der Waals surface area contributed by atoms with E-state index in [1.54, 1.807) is 6.92 Å². The Balaban J connectivity index is 2.64. The Bertz CT molecular complexity index is 430. The summed E-state index contributed by atoms with van der Waals surface area (Å²) < 4.78 is 49.9. The van der Waals surface area contributed by atoms with Crippen molar-refractivity contribution in [2.45, 2.75) is 19.1 Å². The average Bonchev–Trinajstić information content (AvgIpc) is 2.27. The van der Waals surface area contributed by atoms with Crippen LogP contribution >= 0.6 is 0 Å². The summed E-state index contributed by atoms with van der Waals surface area (Å²) in [6.45, 7) is 0.833. The van der Waals surface area contributed by atoms with Crippen molar-refractivity contribution in [2.75, 3.05) is 6.54 Å². The highest BCUT2D eigenvalue weighted by atomic mass is 19.4. The molecule has 1 rings (SSSR count). The van der Waals surface area contributed by atoms with E-state index in [9.17, 15) is 22.4 Å². The lowest BCUT2D eigenvalue weighted by atomic mass is 10.1. The normalized spacial score (nSPS) is 15.0. The molecule has 0 amide bonds. The number of hydrogen-bond acceptors (Lipinski definition) is 2. The molecule has 2 N–H and O–H groups in total. The molecule has 0 radical (unpaired) electrons. The average molecular weight is 279 g/mol. The van der Waals surface area contributed by atoms with E-state index in [2.05, 4.69) is 5.32 Å². The lowest BCUT2D eigenvalue weighted by Gasteiger charge is -2.20. The maximum Gasteiger partial charge on any atom is 0.403 e. The molecular weight excluding hydrogens is 266 g/mol. The first-order valence-electron chi connectivity index (χ1n) is 5.50. The first kappa shape index (κ1) is 15.4. The molecule has 0 saturated carbocycles. The number of alkyl halides is 3. The summed E-state index contributed by atoms with van der Waals surface area (Å²) in [5.74, 6) is -4.84. The summed E-state index contributed by atoms with van der Waals surface area (Å²) in [7, 11) is 0. The van der Waals surface area contributed by atoms with Gasteiger partial charge in [0, 0.05) is 12.6 Å². The summed E-state index contributed by atoms with van der Waals surface area (Å²) >= 11 is 0. The van der Waals surface area contributed by atoms with Crippen LogP contribution in [0.4, 0.5) is 17.6 Å². The lowest BCUT2D eigenvalue weighted by molar-refractivity contribution is -0.192. The third-order valence-electron chi connectivity index (χ3n) is 2.69. The highest BCUT2D eigenvalue weighted by Gasteiger charge is 2.44. The van der Waals surface area contributed by atoms with Crippen LogP contribution in [-0.2, 0) is 4.79 Å². The molecule has 3 nitrogen and oxygen atoms in total. The van der Waals surface area contributed by atoms with E-state index in [1.165, 1.54) is 24.3 Å². The third kappa shape index (κ3) is 4.51. The number of carboxylic acids is 1. The van der Waals surface area contributed by atoms with E-state index >= 15 is 0 Å². The van der Waals surface area contributed by atoms with Gasteiger partial charge in [0.2, 0.25) is 0 Å². The Morgan fingerprint density at radius 3 is 2.26 bits per heavy atom. The standard InChI is InChI=1S/C12H13F4NO2/c1-7(8-2-4-9(13)5-3-8)17-6-10(11(18)19)12(14,15)16/h2-5,7,10,17H,6H2,1H3,(H,18,19)/t7-,10?/m1/s1. The molecule has 1 aromatic rings. The van der Waals surface area contributed by atoms with Gasteiger partial charge in [-0.25, -0.2) is 4.39 Å². The van der Waals surface area contributed by atoms with Crippen LogP contribution in [0.3, 0.4) is 0 Å². The van der Waals surface area contributed by atoms with Gasteiger partial charge in [0.05, 0.1) is 0 Å². The van der Waals surface area contributed by atoms with Crippen molar-refractivity contribution >= 4 is 5.97 Å². The zero-order valence-corrected chi connectivity index (χ0v) is 10.0. The van der Waals surface area contributed by atoms with Crippen LogP contribution in [0.15, 0.2) is 24.3 Å². The number of nitrogens with one attached hydrogen (secondary N) is 1. The molecule has 0 spiro atoms. The molecule has 0 fully saturated rings. The summed E-state index contributed by atoms with van der Waals surface area (Å²) in [4.78, 5) is 10.5. The van der Waals surface area contributed by atoms with Crippen LogP contribution in [0.5, 0.6) is 0 Å². The van der Waals surface area contributed by atoms with E-state index in [-0.39, 0.29) is 0 Å². The molecular formula is C12H13F4NO2. The molecule has 0 bridgehead atoms. The molecule has 0 saturated heterocycles. The SMILES string of the molecule is C[C@@H](NCC(C(=O)O)C(F)(F)F)c1ccc(F)cc1. The fourth-order valence-electron chi connectivity index (χ4n) is 1.51. The predicted octanol–water partition coefficient (Wildman–Crippen LogP) is 2.74. The first-order valence-corrected chi connectivity index (χ1v) is 5.50. The molecule has 0 aliphatic carbocycles. The Kier molecular flexibility index (Phi) is 4.88. The largest absolute Gasteiger partial charge is 0.481 e. The zero-order chi connectivity index (χ0) is 14.6. The number of benzene rings is 1. The van der Waals surface area contributed by atoms with Crippen molar-refractivity contribution in [3.63, 3.8) is 0 Å². The molecule has 0 aliphatic rings. The maximum absolute atomic E-state index is 12.7. The van der Waals surface area contributed by atoms with Gasteiger partial charge in [-0.2, -0.15) is 13.2 Å². The second-order valence-electron chi connectivity index (χ2n) is 4.11. The predicted molar refractivity (Wildman–Crippen MR) is 60.0 cm³/mol. The quantitative estimate of drug-likeness (QED) is 0.815. The zero-order valence-electron chi connectivity index (χ0n) is 10.0. The Morgan fingerprint density at radius 1 is 1.32 bits per heavy atom. The van der Waals surface area contributed by atoms with Crippen LogP contribution in [0, 0.1) is 11.7 Å². The number of carbonyl (C=O) groups is 1. The number of aliphatic carboxylic acids is 1. The summed E-state index contributed by atoms with van der Waals surface area (Å²) in [5.41, 5.74) is 0.577. The van der Waals surface area contributed by atoms with Crippen LogP contribution in [0.1, 0.15) is 18.5 Å². The van der Waals surface area contributed by atoms with Gasteiger partial charge in [0.15, 0.2) is 5.92 Å². The highest BCUT2D eigenvalue weighted by molar-refractivity contribution is 5.71. The minimum absolute atomic E-state index is 0.449. The number of rotatable bonds is 5. The Morgan fingerprint density at radius 2 is 1.84 bits per heavy atom. The van der Waals surface area contributed by atoms with Crippen molar-refractivity contribution < 1.29 is 27.5 Å². The van der Waals surface area contributed by atoms with Crippen molar-refractivity contribution in [3.8, 4) is 0 Å².